The van der Waals surface area contributed by atoms with E-state index in [-0.39, 0.29) is 6.04 Å². The van der Waals surface area contributed by atoms with Crippen molar-refractivity contribution >= 4 is 23.3 Å². The second kappa shape index (κ2) is 4.16. The number of halogens is 2. The van der Waals surface area contributed by atoms with Gasteiger partial charge in [-0.15, -0.1) is 0 Å². The molecule has 1 aromatic carbocycles. The van der Waals surface area contributed by atoms with E-state index in [0.717, 1.165) is 25.3 Å². The van der Waals surface area contributed by atoms with Crippen LogP contribution in [0.15, 0.2) is 12.1 Å². The molecule has 2 atom stereocenters. The molecule has 1 aliphatic rings. The zero-order valence-electron chi connectivity index (χ0n) is 10.0. The van der Waals surface area contributed by atoms with E-state index in [0.29, 0.717) is 21.7 Å². The van der Waals surface area contributed by atoms with Gasteiger partial charge in [0.15, 0.2) is 10.6 Å². The van der Waals surface area contributed by atoms with Crippen LogP contribution in [0.3, 0.4) is 0 Å². The summed E-state index contributed by atoms with van der Waals surface area (Å²) in [6.45, 7) is 2.16. The van der Waals surface area contributed by atoms with Gasteiger partial charge in [-0.1, -0.05) is 13.3 Å². The molecule has 0 radical (unpaired) electrons. The molecule has 0 aliphatic heterocycles. The number of H-pyrrole nitrogens is 1. The summed E-state index contributed by atoms with van der Waals surface area (Å²) in [5, 5.41) is 0. The fourth-order valence-corrected chi connectivity index (χ4v) is 3.32. The van der Waals surface area contributed by atoms with Crippen LogP contribution in [0.1, 0.15) is 32.2 Å². The molecule has 1 heterocycles. The van der Waals surface area contributed by atoms with Crippen LogP contribution in [0.25, 0.3) is 11.0 Å². The van der Waals surface area contributed by atoms with Gasteiger partial charge in [0.2, 0.25) is 0 Å². The average molecular weight is 268 g/mol. The molecule has 3 rings (SSSR count). The van der Waals surface area contributed by atoms with Crippen molar-refractivity contribution in [1.29, 1.82) is 0 Å². The zero-order chi connectivity index (χ0) is 12.9. The first-order valence-electron chi connectivity index (χ1n) is 6.17. The van der Waals surface area contributed by atoms with Crippen molar-refractivity contribution in [3.05, 3.63) is 28.5 Å². The lowest BCUT2D eigenvalue weighted by Gasteiger charge is -2.18. The minimum atomic E-state index is -0.583. The SMILES string of the molecule is CC1CCCC1n1c(=S)[nH]c2c(F)cc(F)cc21. The molecule has 5 heteroatoms. The zero-order valence-corrected chi connectivity index (χ0v) is 10.9. The van der Waals surface area contributed by atoms with Crippen LogP contribution in [0, 0.1) is 22.3 Å². The van der Waals surface area contributed by atoms with Crippen LogP contribution in [-0.2, 0) is 0 Å². The summed E-state index contributed by atoms with van der Waals surface area (Å²) in [6, 6.07) is 2.48. The molecule has 0 saturated heterocycles. The minimum Gasteiger partial charge on any atom is -0.328 e. The highest BCUT2D eigenvalue weighted by Crippen LogP contribution is 2.37. The first-order valence-corrected chi connectivity index (χ1v) is 6.58. The Morgan fingerprint density at radius 2 is 2.11 bits per heavy atom. The smallest absolute Gasteiger partial charge is 0.178 e. The van der Waals surface area contributed by atoms with E-state index in [9.17, 15) is 8.78 Å². The molecule has 96 valence electrons. The summed E-state index contributed by atoms with van der Waals surface area (Å²) in [6.07, 6.45) is 3.29. The molecule has 0 spiro atoms. The maximum absolute atomic E-state index is 13.7. The Bertz CT molecular complexity index is 659. The van der Waals surface area contributed by atoms with E-state index in [2.05, 4.69) is 11.9 Å². The monoisotopic (exact) mass is 268 g/mol. The van der Waals surface area contributed by atoms with Gasteiger partial charge < -0.3 is 9.55 Å². The summed E-state index contributed by atoms with van der Waals surface area (Å²) in [4.78, 5) is 2.86. The summed E-state index contributed by atoms with van der Waals surface area (Å²) >= 11 is 5.26. The lowest BCUT2D eigenvalue weighted by molar-refractivity contribution is 0.412. The Hall–Kier alpha value is -1.23. The van der Waals surface area contributed by atoms with Gasteiger partial charge in [-0.2, -0.15) is 0 Å². The highest BCUT2D eigenvalue weighted by atomic mass is 32.1. The van der Waals surface area contributed by atoms with Gasteiger partial charge in [-0.3, -0.25) is 0 Å². The van der Waals surface area contributed by atoms with Gasteiger partial charge in [-0.05, 0) is 37.0 Å². The molecule has 0 bridgehead atoms. The van der Waals surface area contributed by atoms with E-state index in [4.69, 9.17) is 12.2 Å². The lowest BCUT2D eigenvalue weighted by atomic mass is 10.1. The van der Waals surface area contributed by atoms with E-state index in [1.54, 1.807) is 0 Å². The maximum atomic E-state index is 13.7. The third kappa shape index (κ3) is 1.68. The number of nitrogens with one attached hydrogen (secondary N) is 1. The lowest BCUT2D eigenvalue weighted by Crippen LogP contribution is -2.11. The van der Waals surface area contributed by atoms with Gasteiger partial charge in [0.25, 0.3) is 0 Å². The Morgan fingerprint density at radius 3 is 2.78 bits per heavy atom. The van der Waals surface area contributed by atoms with Crippen molar-refractivity contribution in [2.24, 2.45) is 5.92 Å². The van der Waals surface area contributed by atoms with E-state index in [1.165, 1.54) is 6.07 Å². The molecule has 0 amide bonds. The van der Waals surface area contributed by atoms with Crippen LogP contribution < -0.4 is 0 Å². The number of aromatic amines is 1. The van der Waals surface area contributed by atoms with Crippen LogP contribution in [0.4, 0.5) is 8.78 Å². The predicted octanol–water partition coefficient (Wildman–Crippen LogP) is 4.34. The van der Waals surface area contributed by atoms with Crippen LogP contribution >= 0.6 is 12.2 Å². The van der Waals surface area contributed by atoms with Gasteiger partial charge in [0.1, 0.15) is 11.3 Å². The molecule has 1 aromatic heterocycles. The number of nitrogens with zero attached hydrogens (tertiary/aromatic N) is 1. The standard InChI is InChI=1S/C13H14F2N2S/c1-7-3-2-4-10(7)17-11-6-8(14)5-9(15)12(11)16-13(17)18/h5-7,10H,2-4H2,1H3,(H,16,18). The van der Waals surface area contributed by atoms with Crippen LogP contribution in [0.2, 0.25) is 0 Å². The Morgan fingerprint density at radius 1 is 1.33 bits per heavy atom. The molecule has 2 aromatic rings. The summed E-state index contributed by atoms with van der Waals surface area (Å²) in [5.74, 6) is -0.657. The number of fused-ring (bicyclic) bond motifs is 1. The highest BCUT2D eigenvalue weighted by Gasteiger charge is 2.27. The molecule has 1 fully saturated rings. The molecule has 1 N–H and O–H groups in total. The third-order valence-electron chi connectivity index (χ3n) is 3.89. The van der Waals surface area contributed by atoms with Gasteiger partial charge >= 0.3 is 0 Å². The molecule has 18 heavy (non-hydrogen) atoms. The largest absolute Gasteiger partial charge is 0.328 e. The molecular weight excluding hydrogens is 254 g/mol. The van der Waals surface area contributed by atoms with Crippen LogP contribution in [0.5, 0.6) is 0 Å². The average Bonchev–Trinajstić information content (AvgIpc) is 2.82. The Labute approximate surface area is 109 Å². The number of rotatable bonds is 1. The fraction of sp³-hybridized carbons (Fsp3) is 0.462. The number of hydrogen-bond donors (Lipinski definition) is 1. The second-order valence-electron chi connectivity index (χ2n) is 5.06. The normalized spacial score (nSPS) is 23.9. The quantitative estimate of drug-likeness (QED) is 0.763. The number of hydrogen-bond acceptors (Lipinski definition) is 1. The second-order valence-corrected chi connectivity index (χ2v) is 5.44. The molecule has 1 aliphatic carbocycles. The van der Waals surface area contributed by atoms with Crippen molar-refractivity contribution in [2.75, 3.05) is 0 Å². The van der Waals surface area contributed by atoms with Gasteiger partial charge in [-0.25, -0.2) is 8.78 Å². The number of benzene rings is 1. The molecule has 2 nitrogen and oxygen atoms in total. The predicted molar refractivity (Wildman–Crippen MR) is 69.1 cm³/mol. The number of imidazole rings is 1. The van der Waals surface area contributed by atoms with E-state index < -0.39 is 11.6 Å². The number of aromatic nitrogens is 2. The van der Waals surface area contributed by atoms with Crippen molar-refractivity contribution in [3.63, 3.8) is 0 Å². The Kier molecular flexibility index (Phi) is 2.73. The van der Waals surface area contributed by atoms with Gasteiger partial charge in [0.05, 0.1) is 5.52 Å². The van der Waals surface area contributed by atoms with Gasteiger partial charge in [0, 0.05) is 12.1 Å². The topological polar surface area (TPSA) is 20.7 Å². The maximum Gasteiger partial charge on any atom is 0.178 e. The van der Waals surface area contributed by atoms with Crippen LogP contribution in [-0.4, -0.2) is 9.55 Å². The first kappa shape index (κ1) is 11.8. The highest BCUT2D eigenvalue weighted by molar-refractivity contribution is 7.71. The molecule has 2 unspecified atom stereocenters. The minimum absolute atomic E-state index is 0.243. The third-order valence-corrected chi connectivity index (χ3v) is 4.19. The Balaban J connectivity index is 2.28. The van der Waals surface area contributed by atoms with E-state index >= 15 is 0 Å². The van der Waals surface area contributed by atoms with E-state index in [1.807, 2.05) is 4.57 Å². The summed E-state index contributed by atoms with van der Waals surface area (Å²) in [5.41, 5.74) is 0.844. The van der Waals surface area contributed by atoms with Crippen molar-refractivity contribution < 1.29 is 8.78 Å². The molecule has 1 saturated carbocycles. The summed E-state index contributed by atoms with van der Waals surface area (Å²) < 4.78 is 29.4. The summed E-state index contributed by atoms with van der Waals surface area (Å²) in [7, 11) is 0. The first-order chi connectivity index (χ1) is 8.58. The molecular formula is C13H14F2N2S. The van der Waals surface area contributed by atoms with Crippen molar-refractivity contribution in [2.45, 2.75) is 32.2 Å². The van der Waals surface area contributed by atoms with Crippen molar-refractivity contribution in [3.8, 4) is 0 Å². The fourth-order valence-electron chi connectivity index (χ4n) is 2.99. The van der Waals surface area contributed by atoms with Crippen molar-refractivity contribution in [1.82, 2.24) is 9.55 Å².